The van der Waals surface area contributed by atoms with E-state index in [1.165, 1.54) is 25.3 Å². The van der Waals surface area contributed by atoms with Crippen LogP contribution in [0.15, 0.2) is 42.6 Å². The van der Waals surface area contributed by atoms with E-state index < -0.39 is 42.0 Å². The highest BCUT2D eigenvalue weighted by Crippen LogP contribution is 2.27. The lowest BCUT2D eigenvalue weighted by atomic mass is 10.0. The lowest BCUT2D eigenvalue weighted by molar-refractivity contribution is -0.174. The number of carbonyl (C=O) groups excluding carboxylic acids is 4. The summed E-state index contributed by atoms with van der Waals surface area (Å²) in [5, 5.41) is 4.81. The number of aromatic nitrogens is 1. The molecule has 0 saturated carbocycles. The van der Waals surface area contributed by atoms with Crippen LogP contribution in [0.5, 0.6) is 5.75 Å². The molecule has 220 valence electrons. The van der Waals surface area contributed by atoms with Crippen molar-refractivity contribution in [2.45, 2.75) is 57.5 Å². The van der Waals surface area contributed by atoms with Crippen molar-refractivity contribution in [1.29, 1.82) is 0 Å². The number of pyridine rings is 1. The zero-order chi connectivity index (χ0) is 29.7. The lowest BCUT2D eigenvalue weighted by Crippen LogP contribution is -2.51. The second kappa shape index (κ2) is 12.6. The van der Waals surface area contributed by atoms with Gasteiger partial charge in [0.1, 0.15) is 24.2 Å². The predicted molar refractivity (Wildman–Crippen MR) is 139 cm³/mol. The van der Waals surface area contributed by atoms with Crippen LogP contribution in [0.25, 0.3) is 0 Å². The van der Waals surface area contributed by atoms with Crippen LogP contribution < -0.4 is 15.4 Å². The third-order valence-corrected chi connectivity index (χ3v) is 6.98. The molecule has 3 heterocycles. The molecule has 0 aliphatic carbocycles. The average molecular weight is 577 g/mol. The van der Waals surface area contributed by atoms with Crippen molar-refractivity contribution in [2.75, 3.05) is 19.7 Å². The summed E-state index contributed by atoms with van der Waals surface area (Å²) in [6.07, 6.45) is -3.34. The van der Waals surface area contributed by atoms with Crippen LogP contribution in [0.4, 0.5) is 13.2 Å². The van der Waals surface area contributed by atoms with Gasteiger partial charge in [0.05, 0.1) is 24.6 Å². The average Bonchev–Trinajstić information content (AvgIpc) is 3.38. The fourth-order valence-electron chi connectivity index (χ4n) is 4.79. The molecule has 2 aliphatic heterocycles. The third kappa shape index (κ3) is 7.74. The summed E-state index contributed by atoms with van der Waals surface area (Å²) in [5.41, 5.74) is 1.56. The Morgan fingerprint density at radius 2 is 1.88 bits per heavy atom. The molecule has 2 N–H and O–H groups in total. The molecule has 2 saturated heterocycles. The highest BCUT2D eigenvalue weighted by Gasteiger charge is 2.40. The number of alkyl halides is 3. The van der Waals surface area contributed by atoms with Crippen LogP contribution in [0.2, 0.25) is 0 Å². The maximum absolute atomic E-state index is 12.9. The maximum atomic E-state index is 12.9. The predicted octanol–water partition coefficient (Wildman–Crippen LogP) is 2.86. The van der Waals surface area contributed by atoms with Gasteiger partial charge in [0.25, 0.3) is 5.91 Å². The summed E-state index contributed by atoms with van der Waals surface area (Å²) in [5.74, 6) is -3.42. The first kappa shape index (κ1) is 29.8. The Bertz CT molecular complexity index is 1270. The molecular weight excluding hydrogens is 545 g/mol. The first-order valence-corrected chi connectivity index (χ1v) is 13.2. The quantitative estimate of drug-likeness (QED) is 0.463. The van der Waals surface area contributed by atoms with E-state index in [1.807, 2.05) is 12.2 Å². The Morgan fingerprint density at radius 1 is 1.15 bits per heavy atom. The van der Waals surface area contributed by atoms with Crippen LogP contribution in [-0.2, 0) is 19.1 Å². The zero-order valence-corrected chi connectivity index (χ0v) is 22.6. The van der Waals surface area contributed by atoms with Crippen molar-refractivity contribution < 1.29 is 41.8 Å². The number of esters is 1. The molecule has 0 radical (unpaired) electrons. The van der Waals surface area contributed by atoms with Crippen LogP contribution in [0.1, 0.15) is 53.9 Å². The number of benzene rings is 1. The minimum absolute atomic E-state index is 0.0585. The van der Waals surface area contributed by atoms with Crippen molar-refractivity contribution >= 4 is 23.7 Å². The van der Waals surface area contributed by atoms with E-state index >= 15 is 0 Å². The van der Waals surface area contributed by atoms with Gasteiger partial charge in [-0.15, -0.1) is 0 Å². The first-order valence-electron chi connectivity index (χ1n) is 13.2. The largest absolute Gasteiger partial charge is 0.482 e. The number of cyclic esters (lactones) is 1. The fourth-order valence-corrected chi connectivity index (χ4v) is 4.79. The molecule has 2 unspecified atom stereocenters. The molecule has 4 atom stereocenters. The van der Waals surface area contributed by atoms with E-state index in [2.05, 4.69) is 10.3 Å². The van der Waals surface area contributed by atoms with Crippen LogP contribution >= 0.6 is 0 Å². The number of hydrogen-bond donors (Lipinski definition) is 2. The number of ether oxygens (including phenoxy) is 2. The minimum atomic E-state index is -5.05. The minimum Gasteiger partial charge on any atom is -0.482 e. The number of carbonyl (C=O) groups is 4. The number of nitrogens with one attached hydrogen (secondary N) is 2. The molecule has 3 amide bonds. The molecule has 1 aromatic heterocycles. The molecule has 0 bridgehead atoms. The molecule has 10 nitrogen and oxygen atoms in total. The van der Waals surface area contributed by atoms with E-state index in [-0.39, 0.29) is 36.4 Å². The summed E-state index contributed by atoms with van der Waals surface area (Å²) in [4.78, 5) is 54.3. The van der Waals surface area contributed by atoms with Gasteiger partial charge in [-0.05, 0) is 44.4 Å². The number of rotatable bonds is 8. The molecule has 0 spiro atoms. The Hall–Kier alpha value is -4.16. The van der Waals surface area contributed by atoms with Crippen molar-refractivity contribution in [3.8, 4) is 5.75 Å². The summed E-state index contributed by atoms with van der Waals surface area (Å²) < 4.78 is 49.4. The lowest BCUT2D eigenvalue weighted by Gasteiger charge is -2.34. The number of amides is 3. The van der Waals surface area contributed by atoms with Gasteiger partial charge < -0.3 is 25.0 Å². The molecule has 2 aliphatic rings. The van der Waals surface area contributed by atoms with Crippen molar-refractivity contribution in [1.82, 2.24) is 20.5 Å². The third-order valence-electron chi connectivity index (χ3n) is 6.98. The smallest absolute Gasteiger partial charge is 0.471 e. The monoisotopic (exact) mass is 576 g/mol. The maximum Gasteiger partial charge on any atom is 0.471 e. The Kier molecular flexibility index (Phi) is 9.14. The van der Waals surface area contributed by atoms with Gasteiger partial charge in [-0.1, -0.05) is 29.8 Å². The Morgan fingerprint density at radius 3 is 2.49 bits per heavy atom. The van der Waals surface area contributed by atoms with E-state index in [4.69, 9.17) is 9.47 Å². The van der Waals surface area contributed by atoms with E-state index in [0.29, 0.717) is 31.5 Å². The molecule has 1 aromatic carbocycles. The van der Waals surface area contributed by atoms with Gasteiger partial charge >= 0.3 is 18.1 Å². The number of likely N-dealkylation sites (tertiary alicyclic amines) is 1. The van der Waals surface area contributed by atoms with Crippen LogP contribution in [0, 0.1) is 12.8 Å². The Balaban J connectivity index is 1.39. The number of aryl methyl sites for hydroxylation is 1. The number of piperidine rings is 1. The molecule has 13 heteroatoms. The van der Waals surface area contributed by atoms with E-state index in [1.54, 1.807) is 29.2 Å². The fraction of sp³-hybridized carbons (Fsp3) is 0.464. The van der Waals surface area contributed by atoms with Crippen molar-refractivity contribution in [3.05, 3.63) is 59.4 Å². The van der Waals surface area contributed by atoms with Crippen LogP contribution in [0.3, 0.4) is 0 Å². The summed E-state index contributed by atoms with van der Waals surface area (Å²) in [7, 11) is 0. The first-order chi connectivity index (χ1) is 19.4. The highest BCUT2D eigenvalue weighted by molar-refractivity contribution is 5.92. The number of nitrogens with zero attached hydrogens (tertiary/aromatic N) is 2. The number of halogens is 3. The summed E-state index contributed by atoms with van der Waals surface area (Å²) >= 11 is 0. The second-order valence-corrected chi connectivity index (χ2v) is 10.3. The molecule has 2 fully saturated rings. The topological polar surface area (TPSA) is 127 Å². The van der Waals surface area contributed by atoms with Gasteiger partial charge in [0, 0.05) is 19.1 Å². The summed E-state index contributed by atoms with van der Waals surface area (Å²) in [6, 6.07) is 8.47. The highest BCUT2D eigenvalue weighted by atomic mass is 19.4. The van der Waals surface area contributed by atoms with E-state index in [0.717, 1.165) is 5.56 Å². The number of hydrogen-bond acceptors (Lipinski definition) is 7. The van der Waals surface area contributed by atoms with Crippen LogP contribution in [-0.4, -0.2) is 71.5 Å². The van der Waals surface area contributed by atoms with Crippen molar-refractivity contribution in [2.24, 2.45) is 5.92 Å². The standard InChI is InChI=1S/C28H31F3N4O6/c1-16-5-7-18(8-6-16)24(17(2)33-27(39)28(29,30)31)41-21-9-10-22(32-13-21)25(37)34-20-4-3-11-35(14-20)26(38)19-12-23(36)40-15-19/h5-10,13,17,19-20,24H,3-4,11-12,14-15H2,1-2H3,(H,33,39)(H,34,37)/t17?,19-,20?,24+/m1/s1. The van der Waals surface area contributed by atoms with E-state index in [9.17, 15) is 32.3 Å². The SMILES string of the molecule is Cc1ccc([C@@H](Oc2ccc(C(=O)NC3CCCN(C(=O)[C@H]4COC(=O)C4)C3)nc2)C(C)NC(=O)C(F)(F)F)cc1. The van der Waals surface area contributed by atoms with Gasteiger partial charge in [-0.25, -0.2) is 4.98 Å². The van der Waals surface area contributed by atoms with Gasteiger partial charge in [0.15, 0.2) is 0 Å². The van der Waals surface area contributed by atoms with Crippen molar-refractivity contribution in [3.63, 3.8) is 0 Å². The zero-order valence-electron chi connectivity index (χ0n) is 22.6. The Labute approximate surface area is 234 Å². The second-order valence-electron chi connectivity index (χ2n) is 10.3. The molecular formula is C28H31F3N4O6. The van der Waals surface area contributed by atoms with Gasteiger partial charge in [-0.2, -0.15) is 13.2 Å². The molecule has 41 heavy (non-hydrogen) atoms. The van der Waals surface area contributed by atoms with Gasteiger partial charge in [0.2, 0.25) is 5.91 Å². The summed E-state index contributed by atoms with van der Waals surface area (Å²) in [6.45, 7) is 4.17. The molecule has 2 aromatic rings. The molecule has 4 rings (SSSR count). The van der Waals surface area contributed by atoms with Gasteiger partial charge in [-0.3, -0.25) is 19.2 Å². The normalized spacial score (nSPS) is 20.5.